The molecule has 6 nitrogen and oxygen atoms in total. The van der Waals surface area contributed by atoms with Crippen molar-refractivity contribution in [1.82, 2.24) is 30.5 Å². The first-order valence-electron chi connectivity index (χ1n) is 4.90. The number of nitrogens with zero attached hydrogens (tertiary/aromatic N) is 4. The molecule has 1 atom stereocenters. The minimum Gasteiger partial charge on any atom is -0.304 e. The molecule has 0 radical (unpaired) electrons. The molecule has 0 amide bonds. The molecule has 0 saturated carbocycles. The summed E-state index contributed by atoms with van der Waals surface area (Å²) in [6, 6.07) is 2.02. The van der Waals surface area contributed by atoms with Crippen LogP contribution < -0.4 is 5.32 Å². The third-order valence-corrected chi connectivity index (χ3v) is 2.29. The number of rotatable bonds is 4. The lowest BCUT2D eigenvalue weighted by atomic mass is 10.1. The van der Waals surface area contributed by atoms with E-state index in [0.29, 0.717) is 0 Å². The third-order valence-electron chi connectivity index (χ3n) is 2.29. The van der Waals surface area contributed by atoms with Crippen LogP contribution in [0.3, 0.4) is 0 Å². The van der Waals surface area contributed by atoms with E-state index in [2.05, 4.69) is 32.7 Å². The first-order valence-corrected chi connectivity index (χ1v) is 4.90. The Bertz CT molecular complexity index is 404. The molecule has 2 N–H and O–H groups in total. The van der Waals surface area contributed by atoms with Crippen LogP contribution in [0.1, 0.15) is 24.4 Å². The normalized spacial score (nSPS) is 12.9. The molecule has 2 aromatic heterocycles. The van der Waals surface area contributed by atoms with Gasteiger partial charge in [0.1, 0.15) is 5.69 Å². The standard InChI is InChI=1S/C9H14N6/c1-3-10-9(7-6-11-14-13-7)8-4-5-12-15(8)2/h4-6,9-10H,3H2,1-2H3,(H,11,13,14). The van der Waals surface area contributed by atoms with E-state index in [1.807, 2.05) is 17.8 Å². The van der Waals surface area contributed by atoms with E-state index in [-0.39, 0.29) is 6.04 Å². The van der Waals surface area contributed by atoms with Gasteiger partial charge in [-0.25, -0.2) is 0 Å². The molecule has 15 heavy (non-hydrogen) atoms. The summed E-state index contributed by atoms with van der Waals surface area (Å²) in [5, 5.41) is 18.0. The summed E-state index contributed by atoms with van der Waals surface area (Å²) in [4.78, 5) is 0. The lowest BCUT2D eigenvalue weighted by molar-refractivity contribution is 0.560. The zero-order chi connectivity index (χ0) is 10.7. The van der Waals surface area contributed by atoms with Crippen molar-refractivity contribution in [3.63, 3.8) is 0 Å². The Morgan fingerprint density at radius 2 is 2.47 bits per heavy atom. The first-order chi connectivity index (χ1) is 7.33. The predicted molar refractivity (Wildman–Crippen MR) is 55.1 cm³/mol. The van der Waals surface area contributed by atoms with E-state index in [4.69, 9.17) is 0 Å². The third kappa shape index (κ3) is 1.89. The molecule has 0 spiro atoms. The smallest absolute Gasteiger partial charge is 0.105 e. The number of aryl methyl sites for hydroxylation is 1. The van der Waals surface area contributed by atoms with E-state index in [9.17, 15) is 0 Å². The maximum absolute atomic E-state index is 4.15. The van der Waals surface area contributed by atoms with Crippen LogP contribution in [-0.4, -0.2) is 31.7 Å². The minimum absolute atomic E-state index is 0.0428. The quantitative estimate of drug-likeness (QED) is 0.751. The van der Waals surface area contributed by atoms with Crippen molar-refractivity contribution in [2.75, 3.05) is 6.54 Å². The summed E-state index contributed by atoms with van der Waals surface area (Å²) in [7, 11) is 1.92. The second kappa shape index (κ2) is 4.22. The molecule has 0 aliphatic rings. The van der Waals surface area contributed by atoms with Crippen molar-refractivity contribution >= 4 is 0 Å². The molecule has 0 aliphatic heterocycles. The summed E-state index contributed by atoms with van der Waals surface area (Å²) in [5.41, 5.74) is 1.95. The zero-order valence-electron chi connectivity index (χ0n) is 8.81. The number of nitrogens with one attached hydrogen (secondary N) is 2. The molecule has 0 aliphatic carbocycles. The number of hydrogen-bond acceptors (Lipinski definition) is 4. The molecule has 0 aromatic carbocycles. The van der Waals surface area contributed by atoms with Gasteiger partial charge in [-0.15, -0.1) is 0 Å². The van der Waals surface area contributed by atoms with Gasteiger partial charge in [0.05, 0.1) is 17.9 Å². The van der Waals surface area contributed by atoms with E-state index in [0.717, 1.165) is 17.9 Å². The van der Waals surface area contributed by atoms with Crippen LogP contribution in [0.25, 0.3) is 0 Å². The lowest BCUT2D eigenvalue weighted by Gasteiger charge is -2.15. The SMILES string of the molecule is CCNC(c1cn[nH]n1)c1ccnn1C. The Morgan fingerprint density at radius 1 is 1.60 bits per heavy atom. The minimum atomic E-state index is 0.0428. The van der Waals surface area contributed by atoms with E-state index < -0.39 is 0 Å². The Hall–Kier alpha value is -1.69. The number of aromatic amines is 1. The highest BCUT2D eigenvalue weighted by Crippen LogP contribution is 2.17. The van der Waals surface area contributed by atoms with Crippen LogP contribution in [0.15, 0.2) is 18.5 Å². The molecule has 0 saturated heterocycles. The fraction of sp³-hybridized carbons (Fsp3) is 0.444. The summed E-state index contributed by atoms with van der Waals surface area (Å²) in [6.45, 7) is 2.92. The molecule has 0 fully saturated rings. The molecular weight excluding hydrogens is 192 g/mol. The van der Waals surface area contributed by atoms with Gasteiger partial charge in [-0.3, -0.25) is 4.68 Å². The second-order valence-electron chi connectivity index (χ2n) is 3.27. The topological polar surface area (TPSA) is 71.4 Å². The van der Waals surface area contributed by atoms with Crippen LogP contribution in [0, 0.1) is 0 Å². The van der Waals surface area contributed by atoms with Crippen LogP contribution in [0.4, 0.5) is 0 Å². The Kier molecular flexibility index (Phi) is 2.77. The molecular formula is C9H14N6. The Morgan fingerprint density at radius 3 is 3.00 bits per heavy atom. The van der Waals surface area contributed by atoms with Crippen LogP contribution in [0.2, 0.25) is 0 Å². The number of aromatic nitrogens is 5. The Labute approximate surface area is 87.7 Å². The van der Waals surface area contributed by atoms with Crippen molar-refractivity contribution in [3.8, 4) is 0 Å². The van der Waals surface area contributed by atoms with Crippen LogP contribution in [-0.2, 0) is 7.05 Å². The number of H-pyrrole nitrogens is 1. The van der Waals surface area contributed by atoms with Gasteiger partial charge in [0, 0.05) is 13.2 Å². The van der Waals surface area contributed by atoms with Crippen molar-refractivity contribution in [3.05, 3.63) is 29.8 Å². The fourth-order valence-corrected chi connectivity index (χ4v) is 1.58. The molecule has 80 valence electrons. The van der Waals surface area contributed by atoms with Gasteiger partial charge in [-0.05, 0) is 12.6 Å². The second-order valence-corrected chi connectivity index (χ2v) is 3.27. The Balaban J connectivity index is 2.32. The monoisotopic (exact) mass is 206 g/mol. The summed E-state index contributed by atoms with van der Waals surface area (Å²) >= 11 is 0. The highest BCUT2D eigenvalue weighted by Gasteiger charge is 2.18. The van der Waals surface area contributed by atoms with Crippen molar-refractivity contribution in [2.24, 2.45) is 7.05 Å². The van der Waals surface area contributed by atoms with Crippen LogP contribution >= 0.6 is 0 Å². The first kappa shape index (κ1) is 9.85. The summed E-state index contributed by atoms with van der Waals surface area (Å²) in [5.74, 6) is 0. The average molecular weight is 206 g/mol. The van der Waals surface area contributed by atoms with Gasteiger partial charge in [-0.2, -0.15) is 20.5 Å². The van der Waals surface area contributed by atoms with E-state index >= 15 is 0 Å². The van der Waals surface area contributed by atoms with E-state index in [1.54, 1.807) is 12.4 Å². The fourth-order valence-electron chi connectivity index (χ4n) is 1.58. The molecule has 0 bridgehead atoms. The van der Waals surface area contributed by atoms with Gasteiger partial charge < -0.3 is 5.32 Å². The summed E-state index contributed by atoms with van der Waals surface area (Å²) < 4.78 is 1.84. The number of hydrogen-bond donors (Lipinski definition) is 2. The maximum Gasteiger partial charge on any atom is 0.105 e. The van der Waals surface area contributed by atoms with Crippen molar-refractivity contribution in [1.29, 1.82) is 0 Å². The van der Waals surface area contributed by atoms with Crippen molar-refractivity contribution < 1.29 is 0 Å². The molecule has 2 rings (SSSR count). The van der Waals surface area contributed by atoms with E-state index in [1.165, 1.54) is 0 Å². The largest absolute Gasteiger partial charge is 0.304 e. The molecule has 2 aromatic rings. The average Bonchev–Trinajstić information content (AvgIpc) is 2.85. The molecule has 1 unspecified atom stereocenters. The van der Waals surface area contributed by atoms with Crippen molar-refractivity contribution in [2.45, 2.75) is 13.0 Å². The van der Waals surface area contributed by atoms with Gasteiger partial charge in [0.15, 0.2) is 0 Å². The molecule has 2 heterocycles. The summed E-state index contributed by atoms with van der Waals surface area (Å²) in [6.07, 6.45) is 3.50. The predicted octanol–water partition coefficient (Wildman–Crippen LogP) is 0.237. The maximum atomic E-state index is 4.15. The van der Waals surface area contributed by atoms with Gasteiger partial charge in [-0.1, -0.05) is 6.92 Å². The zero-order valence-corrected chi connectivity index (χ0v) is 8.81. The van der Waals surface area contributed by atoms with Gasteiger partial charge >= 0.3 is 0 Å². The lowest BCUT2D eigenvalue weighted by Crippen LogP contribution is -2.24. The van der Waals surface area contributed by atoms with Gasteiger partial charge in [0.25, 0.3) is 0 Å². The molecule has 6 heteroatoms. The highest BCUT2D eigenvalue weighted by molar-refractivity contribution is 5.18. The highest BCUT2D eigenvalue weighted by atomic mass is 15.3. The van der Waals surface area contributed by atoms with Gasteiger partial charge in [0.2, 0.25) is 0 Å². The van der Waals surface area contributed by atoms with Crippen LogP contribution in [0.5, 0.6) is 0 Å².